The Labute approximate surface area is 104 Å². The third kappa shape index (κ3) is 3.73. The number of halogens is 3. The zero-order valence-electron chi connectivity index (χ0n) is 10.2. The van der Waals surface area contributed by atoms with E-state index in [1.807, 2.05) is 0 Å². The van der Waals surface area contributed by atoms with E-state index >= 15 is 0 Å². The van der Waals surface area contributed by atoms with Gasteiger partial charge in [-0.2, -0.15) is 18.3 Å². The molecule has 1 aliphatic carbocycles. The van der Waals surface area contributed by atoms with Gasteiger partial charge in [-0.05, 0) is 12.8 Å². The van der Waals surface area contributed by atoms with Gasteiger partial charge < -0.3 is 5.32 Å². The minimum absolute atomic E-state index is 0.479. The maximum atomic E-state index is 12.3. The van der Waals surface area contributed by atoms with E-state index in [1.165, 1.54) is 36.8 Å². The van der Waals surface area contributed by atoms with E-state index in [4.69, 9.17) is 0 Å². The highest BCUT2D eigenvalue weighted by molar-refractivity contribution is 5.08. The molecule has 1 N–H and O–H groups in total. The highest BCUT2D eigenvalue weighted by Gasteiger charge is 2.32. The molecule has 0 aliphatic heterocycles. The van der Waals surface area contributed by atoms with Gasteiger partial charge in [0.15, 0.2) is 0 Å². The summed E-state index contributed by atoms with van der Waals surface area (Å²) in [4.78, 5) is 0. The molecule has 0 radical (unpaired) electrons. The molecular formula is C12H18F3N3. The molecule has 102 valence electrons. The molecule has 1 aromatic heterocycles. The molecule has 3 nitrogen and oxygen atoms in total. The summed E-state index contributed by atoms with van der Waals surface area (Å²) in [6.07, 6.45) is 3.78. The quantitative estimate of drug-likeness (QED) is 0.903. The van der Waals surface area contributed by atoms with Crippen LogP contribution in [0.3, 0.4) is 0 Å². The lowest BCUT2D eigenvalue weighted by Crippen LogP contribution is -2.33. The van der Waals surface area contributed by atoms with Gasteiger partial charge in [-0.1, -0.05) is 19.3 Å². The summed E-state index contributed by atoms with van der Waals surface area (Å²) in [5.74, 6) is 0. The van der Waals surface area contributed by atoms with Crippen molar-refractivity contribution >= 4 is 0 Å². The van der Waals surface area contributed by atoms with Crippen molar-refractivity contribution in [2.75, 3.05) is 6.54 Å². The van der Waals surface area contributed by atoms with Crippen molar-refractivity contribution in [2.45, 2.75) is 50.9 Å². The summed E-state index contributed by atoms with van der Waals surface area (Å²) in [6.45, 7) is 1.15. The SMILES string of the molecule is FC(F)(F)c1cnn(CCNC2CCCCC2)c1. The standard InChI is InChI=1S/C12H18F3N3/c13-12(14,15)10-8-17-18(9-10)7-6-16-11-4-2-1-3-5-11/h8-9,11,16H,1-7H2. The fourth-order valence-corrected chi connectivity index (χ4v) is 2.32. The third-order valence-electron chi connectivity index (χ3n) is 3.34. The van der Waals surface area contributed by atoms with E-state index in [2.05, 4.69) is 10.4 Å². The lowest BCUT2D eigenvalue weighted by atomic mass is 9.95. The number of nitrogens with one attached hydrogen (secondary N) is 1. The second kappa shape index (κ2) is 5.73. The molecule has 1 aromatic rings. The van der Waals surface area contributed by atoms with Gasteiger partial charge in [-0.15, -0.1) is 0 Å². The monoisotopic (exact) mass is 261 g/mol. The van der Waals surface area contributed by atoms with E-state index in [0.717, 1.165) is 12.4 Å². The number of rotatable bonds is 4. The second-order valence-corrected chi connectivity index (χ2v) is 4.78. The third-order valence-corrected chi connectivity index (χ3v) is 3.34. The van der Waals surface area contributed by atoms with Gasteiger partial charge in [-0.25, -0.2) is 0 Å². The van der Waals surface area contributed by atoms with Crippen molar-refractivity contribution in [3.63, 3.8) is 0 Å². The van der Waals surface area contributed by atoms with E-state index in [0.29, 0.717) is 19.1 Å². The van der Waals surface area contributed by atoms with E-state index < -0.39 is 11.7 Å². The predicted molar refractivity (Wildman–Crippen MR) is 62.1 cm³/mol. The Morgan fingerprint density at radius 1 is 1.28 bits per heavy atom. The normalized spacial score (nSPS) is 18.2. The zero-order chi connectivity index (χ0) is 13.0. The van der Waals surface area contributed by atoms with Crippen molar-refractivity contribution in [3.05, 3.63) is 18.0 Å². The Kier molecular flexibility index (Phi) is 4.27. The Morgan fingerprint density at radius 3 is 2.61 bits per heavy atom. The Bertz CT molecular complexity index is 367. The first-order valence-corrected chi connectivity index (χ1v) is 6.39. The summed E-state index contributed by atoms with van der Waals surface area (Å²) < 4.78 is 38.4. The van der Waals surface area contributed by atoms with E-state index in [1.54, 1.807) is 0 Å². The number of hydrogen-bond acceptors (Lipinski definition) is 2. The van der Waals surface area contributed by atoms with Gasteiger partial charge in [0, 0.05) is 18.8 Å². The first kappa shape index (κ1) is 13.4. The van der Waals surface area contributed by atoms with Gasteiger partial charge in [0.1, 0.15) is 0 Å². The molecule has 0 saturated heterocycles. The molecule has 18 heavy (non-hydrogen) atoms. The second-order valence-electron chi connectivity index (χ2n) is 4.78. The van der Waals surface area contributed by atoms with Gasteiger partial charge in [0.2, 0.25) is 0 Å². The molecule has 0 atom stereocenters. The average Bonchev–Trinajstić information content (AvgIpc) is 2.79. The Balaban J connectivity index is 1.74. The molecule has 6 heteroatoms. The summed E-state index contributed by atoms with van der Waals surface area (Å²) in [5.41, 5.74) is -0.680. The smallest absolute Gasteiger partial charge is 0.312 e. The predicted octanol–water partition coefficient (Wildman–Crippen LogP) is 2.82. The summed E-state index contributed by atoms with van der Waals surface area (Å²) >= 11 is 0. The molecule has 2 rings (SSSR count). The van der Waals surface area contributed by atoms with Crippen LogP contribution in [0, 0.1) is 0 Å². The molecule has 0 aromatic carbocycles. The van der Waals surface area contributed by atoms with Crippen LogP contribution >= 0.6 is 0 Å². The van der Waals surface area contributed by atoms with Gasteiger partial charge in [0.25, 0.3) is 0 Å². The van der Waals surface area contributed by atoms with Gasteiger partial charge in [-0.3, -0.25) is 4.68 Å². The molecule has 0 bridgehead atoms. The van der Waals surface area contributed by atoms with Crippen molar-refractivity contribution in [3.8, 4) is 0 Å². The zero-order valence-corrected chi connectivity index (χ0v) is 10.2. The van der Waals surface area contributed by atoms with Crippen molar-refractivity contribution < 1.29 is 13.2 Å². The van der Waals surface area contributed by atoms with Crippen LogP contribution in [0.5, 0.6) is 0 Å². The largest absolute Gasteiger partial charge is 0.419 e. The van der Waals surface area contributed by atoms with E-state index in [9.17, 15) is 13.2 Å². The molecule has 1 saturated carbocycles. The number of aromatic nitrogens is 2. The fraction of sp³-hybridized carbons (Fsp3) is 0.750. The Morgan fingerprint density at radius 2 is 2.00 bits per heavy atom. The lowest BCUT2D eigenvalue weighted by Gasteiger charge is -2.22. The minimum atomic E-state index is -4.30. The van der Waals surface area contributed by atoms with Crippen LogP contribution in [0.2, 0.25) is 0 Å². The first-order chi connectivity index (χ1) is 8.55. The van der Waals surface area contributed by atoms with Crippen LogP contribution < -0.4 is 5.32 Å². The summed E-state index contributed by atoms with van der Waals surface area (Å²) in [7, 11) is 0. The molecule has 0 spiro atoms. The van der Waals surface area contributed by atoms with Gasteiger partial charge in [0.05, 0.1) is 18.3 Å². The first-order valence-electron chi connectivity index (χ1n) is 6.39. The topological polar surface area (TPSA) is 29.9 Å². The summed E-state index contributed by atoms with van der Waals surface area (Å²) in [6, 6.07) is 0.524. The van der Waals surface area contributed by atoms with Crippen LogP contribution in [0.25, 0.3) is 0 Å². The lowest BCUT2D eigenvalue weighted by molar-refractivity contribution is -0.137. The van der Waals surface area contributed by atoms with Crippen molar-refractivity contribution in [1.82, 2.24) is 15.1 Å². The molecule has 1 heterocycles. The number of alkyl halides is 3. The fourth-order valence-electron chi connectivity index (χ4n) is 2.32. The molecule has 0 unspecified atom stereocenters. The maximum absolute atomic E-state index is 12.3. The minimum Gasteiger partial charge on any atom is -0.312 e. The number of nitrogens with zero attached hydrogens (tertiary/aromatic N) is 2. The van der Waals surface area contributed by atoms with Crippen LogP contribution in [0.4, 0.5) is 13.2 Å². The number of hydrogen-bond donors (Lipinski definition) is 1. The van der Waals surface area contributed by atoms with Crippen LogP contribution in [0.15, 0.2) is 12.4 Å². The summed E-state index contributed by atoms with van der Waals surface area (Å²) in [5, 5.41) is 7.10. The van der Waals surface area contributed by atoms with Crippen LogP contribution in [-0.4, -0.2) is 22.4 Å². The van der Waals surface area contributed by atoms with Crippen LogP contribution in [0.1, 0.15) is 37.7 Å². The highest BCUT2D eigenvalue weighted by atomic mass is 19.4. The Hall–Kier alpha value is -1.04. The van der Waals surface area contributed by atoms with Crippen molar-refractivity contribution in [1.29, 1.82) is 0 Å². The van der Waals surface area contributed by atoms with Crippen molar-refractivity contribution in [2.24, 2.45) is 0 Å². The maximum Gasteiger partial charge on any atom is 0.419 e. The van der Waals surface area contributed by atoms with Crippen LogP contribution in [-0.2, 0) is 12.7 Å². The van der Waals surface area contributed by atoms with Gasteiger partial charge >= 0.3 is 6.18 Å². The average molecular weight is 261 g/mol. The molecular weight excluding hydrogens is 243 g/mol. The molecule has 1 aliphatic rings. The highest BCUT2D eigenvalue weighted by Crippen LogP contribution is 2.28. The molecule has 0 amide bonds. The van der Waals surface area contributed by atoms with E-state index in [-0.39, 0.29) is 0 Å². The molecule has 1 fully saturated rings.